The first-order valence-corrected chi connectivity index (χ1v) is 6.85. The monoisotopic (exact) mass is 254 g/mol. The number of rotatable bonds is 5. The van der Waals surface area contributed by atoms with Crippen LogP contribution < -0.4 is 11.1 Å². The minimum Gasteiger partial charge on any atom is -0.352 e. The summed E-state index contributed by atoms with van der Waals surface area (Å²) in [6.07, 6.45) is 1.36. The smallest absolute Gasteiger partial charge is 0.220 e. The molecule has 1 atom stereocenters. The predicted octanol–water partition coefficient (Wildman–Crippen LogP) is 2.49. The van der Waals surface area contributed by atoms with Crippen molar-refractivity contribution in [1.82, 2.24) is 5.32 Å². The molecule has 0 saturated carbocycles. The van der Waals surface area contributed by atoms with Crippen LogP contribution in [0.25, 0.3) is 0 Å². The van der Waals surface area contributed by atoms with Gasteiger partial charge in [-0.15, -0.1) is 11.3 Å². The number of hydrogen-bond donors (Lipinski definition) is 2. The molecule has 0 aliphatic heterocycles. The summed E-state index contributed by atoms with van der Waals surface area (Å²) in [6, 6.07) is 4.11. The van der Waals surface area contributed by atoms with Crippen LogP contribution in [0.5, 0.6) is 0 Å². The van der Waals surface area contributed by atoms with Gasteiger partial charge < -0.3 is 11.1 Å². The highest BCUT2D eigenvalue weighted by Crippen LogP contribution is 2.24. The number of nitrogens with one attached hydrogen (secondary N) is 1. The Morgan fingerprint density at radius 2 is 2.24 bits per heavy atom. The molecular formula is C13H22N2OS. The lowest BCUT2D eigenvalue weighted by atomic mass is 10.0. The summed E-state index contributed by atoms with van der Waals surface area (Å²) >= 11 is 1.71. The lowest BCUT2D eigenvalue weighted by molar-refractivity contribution is -0.122. The van der Waals surface area contributed by atoms with Gasteiger partial charge in [0.1, 0.15) is 0 Å². The highest BCUT2D eigenvalue weighted by Gasteiger charge is 2.16. The SMILES string of the molecule is CC(C)(C)NC(=O)CCC(CN)c1cccs1. The third-order valence-electron chi connectivity index (χ3n) is 2.46. The Bertz CT molecular complexity index is 341. The van der Waals surface area contributed by atoms with Gasteiger partial charge in [0.25, 0.3) is 0 Å². The van der Waals surface area contributed by atoms with Gasteiger partial charge in [0.05, 0.1) is 0 Å². The van der Waals surface area contributed by atoms with Gasteiger partial charge in [-0.3, -0.25) is 4.79 Å². The molecule has 0 aromatic carbocycles. The van der Waals surface area contributed by atoms with Gasteiger partial charge in [0.2, 0.25) is 5.91 Å². The highest BCUT2D eigenvalue weighted by atomic mass is 32.1. The maximum Gasteiger partial charge on any atom is 0.220 e. The van der Waals surface area contributed by atoms with Crippen LogP contribution in [0.4, 0.5) is 0 Å². The molecule has 0 spiro atoms. The minimum atomic E-state index is -0.155. The zero-order valence-electron chi connectivity index (χ0n) is 10.8. The van der Waals surface area contributed by atoms with Crippen LogP contribution in [-0.2, 0) is 4.79 Å². The van der Waals surface area contributed by atoms with Gasteiger partial charge in [-0.1, -0.05) is 6.07 Å². The average molecular weight is 254 g/mol. The van der Waals surface area contributed by atoms with E-state index in [1.54, 1.807) is 11.3 Å². The molecule has 17 heavy (non-hydrogen) atoms. The van der Waals surface area contributed by atoms with E-state index < -0.39 is 0 Å². The molecule has 1 heterocycles. The number of nitrogens with two attached hydrogens (primary N) is 1. The summed E-state index contributed by atoms with van der Waals surface area (Å²) < 4.78 is 0. The van der Waals surface area contributed by atoms with Crippen molar-refractivity contribution in [2.24, 2.45) is 5.73 Å². The molecule has 0 saturated heterocycles. The van der Waals surface area contributed by atoms with E-state index in [0.717, 1.165) is 6.42 Å². The summed E-state index contributed by atoms with van der Waals surface area (Å²) in [4.78, 5) is 13.0. The summed E-state index contributed by atoms with van der Waals surface area (Å²) in [7, 11) is 0. The standard InChI is InChI=1S/C13H22N2OS/c1-13(2,3)15-12(16)7-6-10(9-14)11-5-4-8-17-11/h4-5,8,10H,6-7,9,14H2,1-3H3,(H,15,16). The van der Waals surface area contributed by atoms with Crippen molar-refractivity contribution in [3.8, 4) is 0 Å². The van der Waals surface area contributed by atoms with Crippen LogP contribution in [0.2, 0.25) is 0 Å². The van der Waals surface area contributed by atoms with Crippen LogP contribution >= 0.6 is 11.3 Å². The Kier molecular flexibility index (Phi) is 5.15. The molecule has 0 fully saturated rings. The van der Waals surface area contributed by atoms with E-state index in [4.69, 9.17) is 5.73 Å². The van der Waals surface area contributed by atoms with Crippen molar-refractivity contribution in [3.05, 3.63) is 22.4 Å². The van der Waals surface area contributed by atoms with Crippen LogP contribution in [0, 0.1) is 0 Å². The zero-order valence-corrected chi connectivity index (χ0v) is 11.6. The van der Waals surface area contributed by atoms with Crippen molar-refractivity contribution in [2.75, 3.05) is 6.54 Å². The first kappa shape index (κ1) is 14.2. The van der Waals surface area contributed by atoms with Crippen LogP contribution in [0.1, 0.15) is 44.4 Å². The van der Waals surface area contributed by atoms with Crippen molar-refractivity contribution in [1.29, 1.82) is 0 Å². The molecule has 1 aromatic rings. The first-order valence-electron chi connectivity index (χ1n) is 5.97. The zero-order chi connectivity index (χ0) is 12.9. The molecule has 0 aliphatic carbocycles. The van der Waals surface area contributed by atoms with Gasteiger partial charge in [-0.2, -0.15) is 0 Å². The summed E-state index contributed by atoms with van der Waals surface area (Å²) in [5, 5.41) is 5.02. The van der Waals surface area contributed by atoms with E-state index >= 15 is 0 Å². The van der Waals surface area contributed by atoms with Crippen molar-refractivity contribution >= 4 is 17.2 Å². The molecule has 0 bridgehead atoms. The second-order valence-corrected chi connectivity index (χ2v) is 6.26. The normalized spacial score (nSPS) is 13.4. The van der Waals surface area contributed by atoms with Crippen LogP contribution in [0.15, 0.2) is 17.5 Å². The number of thiophene rings is 1. The lowest BCUT2D eigenvalue weighted by Gasteiger charge is -2.21. The molecule has 3 N–H and O–H groups in total. The Hall–Kier alpha value is -0.870. The van der Waals surface area contributed by atoms with E-state index in [9.17, 15) is 4.79 Å². The second-order valence-electron chi connectivity index (χ2n) is 5.28. The largest absolute Gasteiger partial charge is 0.352 e. The fourth-order valence-corrected chi connectivity index (χ4v) is 2.56. The molecule has 4 heteroatoms. The topological polar surface area (TPSA) is 55.1 Å². The summed E-state index contributed by atoms with van der Waals surface area (Å²) in [5.41, 5.74) is 5.60. The van der Waals surface area contributed by atoms with E-state index in [0.29, 0.717) is 18.9 Å². The predicted molar refractivity (Wildman–Crippen MR) is 73.2 cm³/mol. The van der Waals surface area contributed by atoms with Crippen molar-refractivity contribution in [2.45, 2.75) is 45.1 Å². The Morgan fingerprint density at radius 1 is 1.53 bits per heavy atom. The summed E-state index contributed by atoms with van der Waals surface area (Å²) in [6.45, 7) is 6.57. The van der Waals surface area contributed by atoms with Crippen molar-refractivity contribution in [3.63, 3.8) is 0 Å². The van der Waals surface area contributed by atoms with Crippen LogP contribution in [-0.4, -0.2) is 18.0 Å². The van der Waals surface area contributed by atoms with E-state index in [-0.39, 0.29) is 11.4 Å². The van der Waals surface area contributed by atoms with Gasteiger partial charge >= 0.3 is 0 Å². The van der Waals surface area contributed by atoms with E-state index in [1.807, 2.05) is 32.2 Å². The molecule has 0 radical (unpaired) electrons. The summed E-state index contributed by atoms with van der Waals surface area (Å²) in [5.74, 6) is 0.410. The Morgan fingerprint density at radius 3 is 2.71 bits per heavy atom. The molecular weight excluding hydrogens is 232 g/mol. The Balaban J connectivity index is 2.41. The molecule has 1 aromatic heterocycles. The van der Waals surface area contributed by atoms with E-state index in [1.165, 1.54) is 4.88 Å². The average Bonchev–Trinajstić information content (AvgIpc) is 2.69. The van der Waals surface area contributed by atoms with Gasteiger partial charge in [-0.05, 0) is 45.2 Å². The molecule has 1 rings (SSSR count). The minimum absolute atomic E-state index is 0.104. The second kappa shape index (κ2) is 6.17. The van der Waals surface area contributed by atoms with Gasteiger partial charge in [0.15, 0.2) is 0 Å². The van der Waals surface area contributed by atoms with E-state index in [2.05, 4.69) is 11.4 Å². The maximum absolute atomic E-state index is 11.7. The number of carbonyl (C=O) groups is 1. The first-order chi connectivity index (χ1) is 7.92. The molecule has 1 amide bonds. The third kappa shape index (κ3) is 5.33. The van der Waals surface area contributed by atoms with Crippen LogP contribution in [0.3, 0.4) is 0 Å². The quantitative estimate of drug-likeness (QED) is 0.848. The fourth-order valence-electron chi connectivity index (χ4n) is 1.69. The van der Waals surface area contributed by atoms with Gasteiger partial charge in [0, 0.05) is 22.8 Å². The third-order valence-corrected chi connectivity index (χ3v) is 3.50. The molecule has 3 nitrogen and oxygen atoms in total. The number of carbonyl (C=O) groups excluding carboxylic acids is 1. The van der Waals surface area contributed by atoms with Crippen molar-refractivity contribution < 1.29 is 4.79 Å². The molecule has 96 valence electrons. The number of amides is 1. The number of hydrogen-bond acceptors (Lipinski definition) is 3. The Labute approximate surface area is 107 Å². The van der Waals surface area contributed by atoms with Gasteiger partial charge in [-0.25, -0.2) is 0 Å². The maximum atomic E-state index is 11.7. The highest BCUT2D eigenvalue weighted by molar-refractivity contribution is 7.10. The fraction of sp³-hybridized carbons (Fsp3) is 0.615. The lowest BCUT2D eigenvalue weighted by Crippen LogP contribution is -2.40. The molecule has 1 unspecified atom stereocenters. The molecule has 0 aliphatic rings.